The molecule has 14 heavy (non-hydrogen) atoms. The largest absolute Gasteiger partial charge is 0.310 e. The van der Waals surface area contributed by atoms with Crippen LogP contribution in [0.1, 0.15) is 18.9 Å². The molecule has 3 heteroatoms. The Bertz CT molecular complexity index is 338. The van der Waals surface area contributed by atoms with Gasteiger partial charge in [0.15, 0.2) is 11.6 Å². The van der Waals surface area contributed by atoms with Gasteiger partial charge in [0.05, 0.1) is 0 Å². The first-order chi connectivity index (χ1) is 6.68. The van der Waals surface area contributed by atoms with Crippen molar-refractivity contribution < 1.29 is 8.78 Å². The zero-order chi connectivity index (χ0) is 10.1. The van der Waals surface area contributed by atoms with Crippen molar-refractivity contribution in [1.29, 1.82) is 0 Å². The third kappa shape index (κ3) is 1.93. The summed E-state index contributed by atoms with van der Waals surface area (Å²) in [7, 11) is 0. The second kappa shape index (κ2) is 3.65. The normalized spacial score (nSPS) is 25.1. The molecule has 2 atom stereocenters. The Morgan fingerprint density at radius 3 is 2.79 bits per heavy atom. The quantitative estimate of drug-likeness (QED) is 0.784. The summed E-state index contributed by atoms with van der Waals surface area (Å²) in [6.45, 7) is 2.55. The SMILES string of the molecule is C[C@@H]1C[C@H]1NCc1cccc(F)c1F. The summed E-state index contributed by atoms with van der Waals surface area (Å²) >= 11 is 0. The molecule has 1 saturated carbocycles. The minimum atomic E-state index is -0.770. The zero-order valence-corrected chi connectivity index (χ0v) is 8.06. The van der Waals surface area contributed by atoms with Gasteiger partial charge < -0.3 is 5.32 Å². The van der Waals surface area contributed by atoms with Gasteiger partial charge in [0, 0.05) is 18.2 Å². The lowest BCUT2D eigenvalue weighted by atomic mass is 10.2. The van der Waals surface area contributed by atoms with E-state index in [0.717, 1.165) is 12.5 Å². The highest BCUT2D eigenvalue weighted by molar-refractivity contribution is 5.19. The summed E-state index contributed by atoms with van der Waals surface area (Å²) in [5.74, 6) is -0.826. The molecule has 0 amide bonds. The van der Waals surface area contributed by atoms with E-state index in [9.17, 15) is 8.78 Å². The molecule has 1 fully saturated rings. The highest BCUT2D eigenvalue weighted by Crippen LogP contribution is 2.29. The van der Waals surface area contributed by atoms with Gasteiger partial charge in [0.1, 0.15) is 0 Å². The summed E-state index contributed by atoms with van der Waals surface area (Å²) in [5.41, 5.74) is 0.407. The highest BCUT2D eigenvalue weighted by Gasteiger charge is 2.31. The fourth-order valence-corrected chi connectivity index (χ4v) is 1.53. The van der Waals surface area contributed by atoms with Crippen molar-refractivity contribution in [3.63, 3.8) is 0 Å². The molecular weight excluding hydrogens is 184 g/mol. The molecule has 0 bridgehead atoms. The number of rotatable bonds is 3. The first-order valence-corrected chi connectivity index (χ1v) is 4.84. The third-order valence-electron chi connectivity index (χ3n) is 2.70. The van der Waals surface area contributed by atoms with Crippen molar-refractivity contribution in [2.75, 3.05) is 0 Å². The van der Waals surface area contributed by atoms with Crippen LogP contribution in [-0.4, -0.2) is 6.04 Å². The highest BCUT2D eigenvalue weighted by atomic mass is 19.2. The van der Waals surface area contributed by atoms with Gasteiger partial charge in [-0.15, -0.1) is 0 Å². The number of benzene rings is 1. The average molecular weight is 197 g/mol. The van der Waals surface area contributed by atoms with Crippen LogP contribution in [0.3, 0.4) is 0 Å². The molecule has 2 rings (SSSR count). The maximum absolute atomic E-state index is 13.2. The maximum Gasteiger partial charge on any atom is 0.163 e. The van der Waals surface area contributed by atoms with Crippen LogP contribution >= 0.6 is 0 Å². The standard InChI is InChI=1S/C11H13F2N/c1-7-5-10(7)14-6-8-3-2-4-9(12)11(8)13/h2-4,7,10,14H,5-6H2,1H3/t7-,10-/m1/s1. The summed E-state index contributed by atoms with van der Waals surface area (Å²) in [5, 5.41) is 3.18. The Balaban J connectivity index is 1.98. The molecule has 1 aromatic rings. The number of halogens is 2. The molecule has 0 saturated heterocycles. The Kier molecular flexibility index (Phi) is 2.50. The van der Waals surface area contributed by atoms with Crippen LogP contribution in [0.15, 0.2) is 18.2 Å². The number of hydrogen-bond acceptors (Lipinski definition) is 1. The molecule has 76 valence electrons. The minimum Gasteiger partial charge on any atom is -0.310 e. The van der Waals surface area contributed by atoms with E-state index >= 15 is 0 Å². The molecule has 0 aromatic heterocycles. The Hall–Kier alpha value is -0.960. The first-order valence-electron chi connectivity index (χ1n) is 4.84. The van der Waals surface area contributed by atoms with E-state index in [0.29, 0.717) is 24.1 Å². The number of hydrogen-bond donors (Lipinski definition) is 1. The maximum atomic E-state index is 13.2. The van der Waals surface area contributed by atoms with Gasteiger partial charge >= 0.3 is 0 Å². The molecule has 0 radical (unpaired) electrons. The predicted molar refractivity (Wildman–Crippen MR) is 50.8 cm³/mol. The monoisotopic (exact) mass is 197 g/mol. The first kappa shape index (κ1) is 9.59. The van der Waals surface area contributed by atoms with E-state index in [1.54, 1.807) is 6.07 Å². The molecule has 1 aliphatic rings. The van der Waals surface area contributed by atoms with E-state index in [-0.39, 0.29) is 0 Å². The van der Waals surface area contributed by atoms with E-state index in [2.05, 4.69) is 12.2 Å². The summed E-state index contributed by atoms with van der Waals surface area (Å²) in [4.78, 5) is 0. The van der Waals surface area contributed by atoms with Gasteiger partial charge in [-0.25, -0.2) is 8.78 Å². The van der Waals surface area contributed by atoms with Gasteiger partial charge in [0.25, 0.3) is 0 Å². The Labute approximate surface area is 82.1 Å². The van der Waals surface area contributed by atoms with Gasteiger partial charge in [0.2, 0.25) is 0 Å². The van der Waals surface area contributed by atoms with Gasteiger partial charge in [-0.3, -0.25) is 0 Å². The van der Waals surface area contributed by atoms with Crippen LogP contribution in [0.25, 0.3) is 0 Å². The van der Waals surface area contributed by atoms with Crippen molar-refractivity contribution in [2.24, 2.45) is 5.92 Å². The lowest BCUT2D eigenvalue weighted by Gasteiger charge is -2.05. The molecule has 0 spiro atoms. The molecule has 0 aliphatic heterocycles. The summed E-state index contributed by atoms with van der Waals surface area (Å²) in [6, 6.07) is 4.76. The van der Waals surface area contributed by atoms with Gasteiger partial charge in [-0.05, 0) is 18.4 Å². The van der Waals surface area contributed by atoms with E-state index in [1.165, 1.54) is 6.07 Å². The van der Waals surface area contributed by atoms with Crippen LogP contribution in [-0.2, 0) is 6.54 Å². The topological polar surface area (TPSA) is 12.0 Å². The predicted octanol–water partition coefficient (Wildman–Crippen LogP) is 2.46. The van der Waals surface area contributed by atoms with E-state index in [4.69, 9.17) is 0 Å². The zero-order valence-electron chi connectivity index (χ0n) is 8.06. The van der Waals surface area contributed by atoms with E-state index < -0.39 is 11.6 Å². The fourth-order valence-electron chi connectivity index (χ4n) is 1.53. The molecular formula is C11H13F2N. The Morgan fingerprint density at radius 1 is 1.43 bits per heavy atom. The lowest BCUT2D eigenvalue weighted by Crippen LogP contribution is -2.18. The third-order valence-corrected chi connectivity index (χ3v) is 2.70. The smallest absolute Gasteiger partial charge is 0.163 e. The second-order valence-electron chi connectivity index (χ2n) is 3.91. The van der Waals surface area contributed by atoms with Gasteiger partial charge in [-0.2, -0.15) is 0 Å². The van der Waals surface area contributed by atoms with Crippen molar-refractivity contribution >= 4 is 0 Å². The molecule has 1 aliphatic carbocycles. The van der Waals surface area contributed by atoms with Crippen LogP contribution in [0.4, 0.5) is 8.78 Å². The van der Waals surface area contributed by atoms with Gasteiger partial charge in [-0.1, -0.05) is 19.1 Å². The molecule has 1 aromatic carbocycles. The second-order valence-corrected chi connectivity index (χ2v) is 3.91. The van der Waals surface area contributed by atoms with E-state index in [1.807, 2.05) is 0 Å². The Morgan fingerprint density at radius 2 is 2.14 bits per heavy atom. The van der Waals surface area contributed by atoms with Crippen LogP contribution in [0.5, 0.6) is 0 Å². The molecule has 0 unspecified atom stereocenters. The summed E-state index contributed by atoms with van der Waals surface area (Å²) < 4.78 is 25.9. The van der Waals surface area contributed by atoms with Crippen molar-refractivity contribution in [1.82, 2.24) is 5.32 Å². The van der Waals surface area contributed by atoms with Crippen LogP contribution in [0.2, 0.25) is 0 Å². The molecule has 1 nitrogen and oxygen atoms in total. The average Bonchev–Trinajstić information content (AvgIpc) is 2.85. The van der Waals surface area contributed by atoms with Crippen molar-refractivity contribution in [3.05, 3.63) is 35.4 Å². The number of nitrogens with one attached hydrogen (secondary N) is 1. The fraction of sp³-hybridized carbons (Fsp3) is 0.455. The minimum absolute atomic E-state index is 0.407. The van der Waals surface area contributed by atoms with Crippen molar-refractivity contribution in [2.45, 2.75) is 25.9 Å². The lowest BCUT2D eigenvalue weighted by molar-refractivity contribution is 0.491. The van der Waals surface area contributed by atoms with Crippen LogP contribution < -0.4 is 5.32 Å². The molecule has 1 N–H and O–H groups in total. The summed E-state index contributed by atoms with van der Waals surface area (Å²) in [6.07, 6.45) is 1.14. The molecule has 0 heterocycles. The van der Waals surface area contributed by atoms with Crippen molar-refractivity contribution in [3.8, 4) is 0 Å². The van der Waals surface area contributed by atoms with Crippen LogP contribution in [0, 0.1) is 17.6 Å².